The van der Waals surface area contributed by atoms with Crippen LogP contribution >= 0.6 is 0 Å². The zero-order valence-electron chi connectivity index (χ0n) is 29.0. The molecule has 11 nitrogen and oxygen atoms in total. The number of carbonyl (C=O) groups excluding carboxylic acids is 3. The number of fused-ring (bicyclic) bond motifs is 1. The van der Waals surface area contributed by atoms with Gasteiger partial charge in [0.25, 0.3) is 5.56 Å². The van der Waals surface area contributed by atoms with Gasteiger partial charge in [0, 0.05) is 64.4 Å². The molecule has 1 N–H and O–H groups in total. The number of ether oxygens (including phenoxy) is 2. The minimum Gasteiger partial charge on any atom is -0.453 e. The molecule has 0 fully saturated rings. The maximum Gasteiger partial charge on any atom is 0.407 e. The van der Waals surface area contributed by atoms with Gasteiger partial charge in [-0.1, -0.05) is 43.4 Å². The fourth-order valence-electron chi connectivity index (χ4n) is 4.95. The summed E-state index contributed by atoms with van der Waals surface area (Å²) in [5.74, 6) is -0.516. The Bertz CT molecular complexity index is 1680. The summed E-state index contributed by atoms with van der Waals surface area (Å²) in [5.41, 5.74) is 4.78. The molecule has 0 aliphatic heterocycles. The summed E-state index contributed by atoms with van der Waals surface area (Å²) >= 11 is 0. The van der Waals surface area contributed by atoms with Gasteiger partial charge in [0.2, 0.25) is 5.91 Å². The number of carbonyl (C=O) groups is 3. The van der Waals surface area contributed by atoms with Crippen molar-refractivity contribution in [1.82, 2.24) is 24.3 Å². The number of aromatic nitrogens is 3. The molecule has 3 aromatic heterocycles. The second-order valence-electron chi connectivity index (χ2n) is 13.3. The van der Waals surface area contributed by atoms with E-state index in [1.54, 1.807) is 49.3 Å². The summed E-state index contributed by atoms with van der Waals surface area (Å²) in [6.45, 7) is 12.2. The summed E-state index contributed by atoms with van der Waals surface area (Å²) in [6.07, 6.45) is 8.35. The van der Waals surface area contributed by atoms with E-state index < -0.39 is 20.2 Å². The van der Waals surface area contributed by atoms with Gasteiger partial charge in [0.15, 0.2) is 5.78 Å². The van der Waals surface area contributed by atoms with E-state index in [2.05, 4.69) is 40.6 Å². The highest BCUT2D eigenvalue weighted by Crippen LogP contribution is 2.25. The number of nitrogens with one attached hydrogen (secondary N) is 1. The summed E-state index contributed by atoms with van der Waals surface area (Å²) in [4.78, 5) is 57.0. The molecule has 47 heavy (non-hydrogen) atoms. The predicted molar refractivity (Wildman–Crippen MR) is 188 cm³/mol. The van der Waals surface area contributed by atoms with E-state index in [0.29, 0.717) is 25.3 Å². The Kier molecular flexibility index (Phi) is 13.5. The van der Waals surface area contributed by atoms with Crippen molar-refractivity contribution in [2.24, 2.45) is 0 Å². The predicted octanol–water partition coefficient (Wildman–Crippen LogP) is 5.24. The zero-order valence-corrected chi connectivity index (χ0v) is 30.0. The number of hydrogen-bond acceptors (Lipinski definition) is 7. The van der Waals surface area contributed by atoms with Crippen molar-refractivity contribution in [1.29, 1.82) is 0 Å². The van der Waals surface area contributed by atoms with Crippen molar-refractivity contribution >= 4 is 43.0 Å². The van der Waals surface area contributed by atoms with Gasteiger partial charge < -0.3 is 28.8 Å². The van der Waals surface area contributed by atoms with Gasteiger partial charge in [0.1, 0.15) is 6.73 Å². The minimum absolute atomic E-state index is 0.177. The molecule has 1 atom stereocenters. The van der Waals surface area contributed by atoms with E-state index in [9.17, 15) is 19.2 Å². The number of allylic oxidation sites excluding steroid dienone is 2. The molecule has 254 valence electrons. The van der Waals surface area contributed by atoms with Crippen molar-refractivity contribution in [3.8, 4) is 0 Å². The van der Waals surface area contributed by atoms with Crippen LogP contribution in [0.15, 0.2) is 59.2 Å². The first-order valence-corrected chi connectivity index (χ1v) is 19.5. The van der Waals surface area contributed by atoms with Crippen molar-refractivity contribution in [2.45, 2.75) is 78.1 Å². The summed E-state index contributed by atoms with van der Waals surface area (Å²) in [6, 6.07) is 7.47. The highest BCUT2D eigenvalue weighted by molar-refractivity contribution is 6.76. The summed E-state index contributed by atoms with van der Waals surface area (Å²) in [7, 11) is 3.23. The van der Waals surface area contributed by atoms with E-state index in [0.717, 1.165) is 33.9 Å². The number of amides is 2. The van der Waals surface area contributed by atoms with E-state index >= 15 is 0 Å². The minimum atomic E-state index is -1.28. The second kappa shape index (κ2) is 17.0. The Morgan fingerprint density at radius 1 is 1.15 bits per heavy atom. The molecule has 0 bridgehead atoms. The first-order valence-electron chi connectivity index (χ1n) is 15.8. The monoisotopic (exact) mass is 663 g/mol. The number of ketones is 1. The van der Waals surface area contributed by atoms with Crippen molar-refractivity contribution in [2.75, 3.05) is 27.8 Å². The first kappa shape index (κ1) is 37.2. The number of hydrogen-bond donors (Lipinski definition) is 1. The first-order chi connectivity index (χ1) is 22.2. The fourth-order valence-corrected chi connectivity index (χ4v) is 5.70. The molecule has 0 aliphatic carbocycles. The molecule has 3 aromatic rings. The Balaban J connectivity index is 1.89. The standard InChI is InChI=1S/C35H49N5O6Si/c1-25(2)20-26-15-16-36-30-22-28(40(33(26)30)24-46-18-19-47(6,7)8)23-39-17-11-12-27(34(39)43)21-31(41)29(37-35(44)45-5)13-9-10-14-32(42)38(3)4/h10-12,14-17,20,22,29H,9,13,18-19,21,23-24H2,1-8H3,(H,37,44)/b14-10+/t29-/m0/s1. The summed E-state index contributed by atoms with van der Waals surface area (Å²) < 4.78 is 14.6. The topological polar surface area (TPSA) is 125 Å². The quantitative estimate of drug-likeness (QED) is 0.126. The average Bonchev–Trinajstić information content (AvgIpc) is 3.35. The number of nitrogens with zero attached hydrogens (tertiary/aromatic N) is 4. The van der Waals surface area contributed by atoms with Gasteiger partial charge in [-0.25, -0.2) is 4.79 Å². The molecule has 2 amide bonds. The lowest BCUT2D eigenvalue weighted by molar-refractivity contribution is -0.123. The summed E-state index contributed by atoms with van der Waals surface area (Å²) in [5, 5.41) is 2.57. The lowest BCUT2D eigenvalue weighted by Crippen LogP contribution is -2.42. The van der Waals surface area contributed by atoms with Crippen LogP contribution in [-0.4, -0.2) is 78.7 Å². The molecule has 0 spiro atoms. The Morgan fingerprint density at radius 3 is 2.55 bits per heavy atom. The molecule has 0 aliphatic rings. The average molecular weight is 664 g/mol. The lowest BCUT2D eigenvalue weighted by atomic mass is 10.0. The Morgan fingerprint density at radius 2 is 1.89 bits per heavy atom. The van der Waals surface area contributed by atoms with Crippen LogP contribution in [0.5, 0.6) is 0 Å². The second-order valence-corrected chi connectivity index (χ2v) is 18.9. The van der Waals surface area contributed by atoms with E-state index in [1.165, 1.54) is 18.1 Å². The molecular weight excluding hydrogens is 615 g/mol. The van der Waals surface area contributed by atoms with Crippen LogP contribution in [0, 0.1) is 0 Å². The molecule has 12 heteroatoms. The van der Waals surface area contributed by atoms with Crippen molar-refractivity contribution in [3.05, 3.63) is 81.6 Å². The molecule has 0 saturated heterocycles. The third-order valence-electron chi connectivity index (χ3n) is 7.55. The third-order valence-corrected chi connectivity index (χ3v) is 9.25. The molecule has 0 aromatic carbocycles. The Hall–Kier alpha value is -4.29. The molecule has 0 radical (unpaired) electrons. The molecular formula is C35H49N5O6Si. The van der Waals surface area contributed by atoms with Crippen LogP contribution in [0.25, 0.3) is 17.1 Å². The fraction of sp³-hybridized carbons (Fsp3) is 0.457. The number of methoxy groups -OCH3 is 1. The van der Waals surface area contributed by atoms with Crippen LogP contribution in [0.1, 0.15) is 43.5 Å². The van der Waals surface area contributed by atoms with Gasteiger partial charge in [-0.05, 0) is 57.0 Å². The van der Waals surface area contributed by atoms with Crippen molar-refractivity contribution in [3.63, 3.8) is 0 Å². The maximum atomic E-state index is 13.7. The van der Waals surface area contributed by atoms with Gasteiger partial charge in [0.05, 0.1) is 30.7 Å². The number of likely N-dealkylation sites (N-methyl/N-ethyl adjacent to an activating group) is 1. The SMILES string of the molecule is COC(=O)N[C@@H](CC/C=C/C(=O)N(C)C)C(=O)Cc1cccn(Cc2cc3nccc(C=C(C)C)c3n2COCC[Si](C)(C)C)c1=O. The lowest BCUT2D eigenvalue weighted by Gasteiger charge is -2.18. The zero-order chi connectivity index (χ0) is 34.7. The molecule has 3 rings (SSSR count). The van der Waals surface area contributed by atoms with E-state index in [4.69, 9.17) is 9.47 Å². The number of Topliss-reactive ketones (excluding diaryl/α,β-unsaturated/α-hetero) is 1. The number of alkyl carbamates (subject to hydrolysis) is 1. The maximum absolute atomic E-state index is 13.7. The van der Waals surface area contributed by atoms with Crippen molar-refractivity contribution < 1.29 is 23.9 Å². The largest absolute Gasteiger partial charge is 0.453 e. The number of rotatable bonds is 16. The van der Waals surface area contributed by atoms with Crippen LogP contribution < -0.4 is 10.9 Å². The highest BCUT2D eigenvalue weighted by atomic mass is 28.3. The van der Waals surface area contributed by atoms with Crippen LogP contribution in [0.3, 0.4) is 0 Å². The van der Waals surface area contributed by atoms with E-state index in [1.807, 2.05) is 26.0 Å². The van der Waals surface area contributed by atoms with Crippen LogP contribution in [0.2, 0.25) is 25.7 Å². The van der Waals surface area contributed by atoms with E-state index in [-0.39, 0.29) is 36.6 Å². The Labute approximate surface area is 278 Å². The van der Waals surface area contributed by atoms with Gasteiger partial charge in [-0.15, -0.1) is 0 Å². The normalized spacial score (nSPS) is 12.3. The highest BCUT2D eigenvalue weighted by Gasteiger charge is 2.23. The number of pyridine rings is 2. The molecule has 3 heterocycles. The van der Waals surface area contributed by atoms with Crippen LogP contribution in [0.4, 0.5) is 4.79 Å². The smallest absolute Gasteiger partial charge is 0.407 e. The van der Waals surface area contributed by atoms with Crippen LogP contribution in [-0.2, 0) is 38.8 Å². The molecule has 0 saturated carbocycles. The van der Waals surface area contributed by atoms with Gasteiger partial charge in [-0.2, -0.15) is 0 Å². The van der Waals surface area contributed by atoms with Gasteiger partial charge in [-0.3, -0.25) is 19.4 Å². The third kappa shape index (κ3) is 11.2. The molecule has 0 unspecified atom stereocenters. The van der Waals surface area contributed by atoms with Gasteiger partial charge >= 0.3 is 6.09 Å².